The molecule has 1 fully saturated rings. The summed E-state index contributed by atoms with van der Waals surface area (Å²) in [6, 6.07) is 13.1. The third kappa shape index (κ3) is 6.13. The second-order valence-electron chi connectivity index (χ2n) is 7.85. The molecule has 8 heteroatoms. The molecule has 0 unspecified atom stereocenters. The van der Waals surface area contributed by atoms with Crippen molar-refractivity contribution in [1.82, 2.24) is 15.3 Å². The molecule has 2 N–H and O–H groups in total. The molecule has 2 aromatic heterocycles. The van der Waals surface area contributed by atoms with Crippen LogP contribution < -0.4 is 15.5 Å². The summed E-state index contributed by atoms with van der Waals surface area (Å²) < 4.78 is 0. The molecule has 1 aromatic carbocycles. The molecule has 32 heavy (non-hydrogen) atoms. The average Bonchev–Trinajstić information content (AvgIpc) is 3.34. The molecule has 3 aromatic rings. The van der Waals surface area contributed by atoms with E-state index >= 15 is 0 Å². The smallest absolute Gasteiger partial charge is 0.251 e. The molecule has 0 spiro atoms. The summed E-state index contributed by atoms with van der Waals surface area (Å²) in [5.41, 5.74) is 1.20. The monoisotopic (exact) mass is 449 g/mol. The van der Waals surface area contributed by atoms with E-state index in [4.69, 9.17) is 0 Å². The number of carbonyl (C=O) groups excluding carboxylic acids is 2. The molecule has 0 atom stereocenters. The molecule has 1 saturated heterocycles. The van der Waals surface area contributed by atoms with E-state index in [1.807, 2.05) is 17.5 Å². The van der Waals surface area contributed by atoms with Crippen LogP contribution in [0.25, 0.3) is 0 Å². The van der Waals surface area contributed by atoms with Crippen LogP contribution in [0.2, 0.25) is 0 Å². The highest BCUT2D eigenvalue weighted by Gasteiger charge is 2.22. The lowest BCUT2D eigenvalue weighted by Gasteiger charge is -2.32. The molecule has 1 aliphatic heterocycles. The van der Waals surface area contributed by atoms with E-state index < -0.39 is 0 Å². The largest absolute Gasteiger partial charge is 0.349 e. The Hall–Kier alpha value is -3.26. The molecule has 7 nitrogen and oxygen atoms in total. The Labute approximate surface area is 191 Å². The normalized spacial score (nSPS) is 14.2. The lowest BCUT2D eigenvalue weighted by atomic mass is 10.0. The van der Waals surface area contributed by atoms with Gasteiger partial charge in [-0.15, -0.1) is 11.3 Å². The zero-order chi connectivity index (χ0) is 22.2. The molecule has 0 aliphatic carbocycles. The zero-order valence-corrected chi connectivity index (χ0v) is 18.7. The van der Waals surface area contributed by atoms with Crippen LogP contribution in [0.3, 0.4) is 0 Å². The number of hydrogen-bond donors (Lipinski definition) is 2. The van der Waals surface area contributed by atoms with Crippen molar-refractivity contribution in [3.8, 4) is 0 Å². The van der Waals surface area contributed by atoms with Crippen molar-refractivity contribution in [2.75, 3.05) is 23.3 Å². The molecular weight excluding hydrogens is 422 g/mol. The van der Waals surface area contributed by atoms with Crippen molar-refractivity contribution < 1.29 is 9.59 Å². The Kier molecular flexibility index (Phi) is 7.45. The van der Waals surface area contributed by atoms with Crippen LogP contribution in [0.1, 0.15) is 40.9 Å². The highest BCUT2D eigenvalue weighted by Crippen LogP contribution is 2.17. The van der Waals surface area contributed by atoms with Gasteiger partial charge >= 0.3 is 0 Å². The van der Waals surface area contributed by atoms with Crippen LogP contribution in [0.15, 0.2) is 60.2 Å². The van der Waals surface area contributed by atoms with E-state index in [0.29, 0.717) is 17.7 Å². The number of aromatic nitrogens is 2. The number of nitrogens with zero attached hydrogens (tertiary/aromatic N) is 3. The van der Waals surface area contributed by atoms with E-state index in [0.717, 1.165) is 44.7 Å². The molecule has 0 saturated carbocycles. The van der Waals surface area contributed by atoms with Gasteiger partial charge in [-0.25, -0.2) is 9.97 Å². The van der Waals surface area contributed by atoms with Crippen molar-refractivity contribution in [2.45, 2.75) is 38.1 Å². The minimum Gasteiger partial charge on any atom is -0.349 e. The second-order valence-corrected chi connectivity index (χ2v) is 8.88. The zero-order valence-electron chi connectivity index (χ0n) is 17.9. The summed E-state index contributed by atoms with van der Waals surface area (Å²) in [7, 11) is 0. The van der Waals surface area contributed by atoms with E-state index in [9.17, 15) is 9.59 Å². The number of piperidine rings is 1. The maximum atomic E-state index is 12.7. The summed E-state index contributed by atoms with van der Waals surface area (Å²) in [5, 5.41) is 8.08. The first-order valence-electron chi connectivity index (χ1n) is 10.9. The predicted molar refractivity (Wildman–Crippen MR) is 127 cm³/mol. The van der Waals surface area contributed by atoms with Gasteiger partial charge in [0.1, 0.15) is 0 Å². The fourth-order valence-corrected chi connectivity index (χ4v) is 4.54. The van der Waals surface area contributed by atoms with E-state index in [1.54, 1.807) is 48.0 Å². The summed E-state index contributed by atoms with van der Waals surface area (Å²) in [4.78, 5) is 37.0. The van der Waals surface area contributed by atoms with E-state index in [1.165, 1.54) is 4.88 Å². The molecule has 3 heterocycles. The average molecular weight is 450 g/mol. The van der Waals surface area contributed by atoms with Gasteiger partial charge in [0.25, 0.3) is 5.91 Å². The molecule has 2 amide bonds. The third-order valence-electron chi connectivity index (χ3n) is 5.48. The third-order valence-corrected chi connectivity index (χ3v) is 6.42. The molecule has 0 bridgehead atoms. The lowest BCUT2D eigenvalue weighted by Crippen LogP contribution is -2.45. The van der Waals surface area contributed by atoms with Crippen LogP contribution in [0.5, 0.6) is 0 Å². The Balaban J connectivity index is 1.24. The summed E-state index contributed by atoms with van der Waals surface area (Å²) in [6.07, 6.45) is 7.33. The van der Waals surface area contributed by atoms with Crippen LogP contribution >= 0.6 is 11.3 Å². The van der Waals surface area contributed by atoms with Gasteiger partial charge in [0.05, 0.1) is 0 Å². The van der Waals surface area contributed by atoms with Crippen molar-refractivity contribution in [2.24, 2.45) is 0 Å². The van der Waals surface area contributed by atoms with Crippen molar-refractivity contribution in [3.05, 3.63) is 70.7 Å². The van der Waals surface area contributed by atoms with Crippen molar-refractivity contribution in [1.29, 1.82) is 0 Å². The SMILES string of the molecule is O=C(CCCc1cccs1)Nc1cccc(C(=O)NC2CCN(c3ncccn3)CC2)c1. The van der Waals surface area contributed by atoms with Crippen LogP contribution in [-0.4, -0.2) is 40.9 Å². The Morgan fingerprint density at radius 2 is 1.88 bits per heavy atom. The highest BCUT2D eigenvalue weighted by molar-refractivity contribution is 7.09. The topological polar surface area (TPSA) is 87.2 Å². The number of hydrogen-bond acceptors (Lipinski definition) is 6. The van der Waals surface area contributed by atoms with Crippen molar-refractivity contribution >= 4 is 34.8 Å². The maximum absolute atomic E-state index is 12.7. The fraction of sp³-hybridized carbons (Fsp3) is 0.333. The van der Waals surface area contributed by atoms with E-state index in [2.05, 4.69) is 31.6 Å². The standard InChI is InChI=1S/C24H27N5O2S/c30-22(9-2-7-21-8-3-16-32-21)27-20-6-1-5-18(17-20)23(31)28-19-10-14-29(15-11-19)24-25-12-4-13-26-24/h1,3-6,8,12-13,16-17,19H,2,7,9-11,14-15H2,(H,27,30)(H,28,31). The van der Waals surface area contributed by atoms with Gasteiger partial charge in [0.2, 0.25) is 11.9 Å². The highest BCUT2D eigenvalue weighted by atomic mass is 32.1. The van der Waals surface area contributed by atoms with Gasteiger partial charge in [0.15, 0.2) is 0 Å². The maximum Gasteiger partial charge on any atom is 0.251 e. The fourth-order valence-electron chi connectivity index (χ4n) is 3.79. The van der Waals surface area contributed by atoms with Crippen LogP contribution in [0, 0.1) is 0 Å². The van der Waals surface area contributed by atoms with Gasteiger partial charge < -0.3 is 15.5 Å². The molecular formula is C24H27N5O2S. The number of carbonyl (C=O) groups is 2. The first-order chi connectivity index (χ1) is 15.7. The van der Waals surface area contributed by atoms with Crippen molar-refractivity contribution in [3.63, 3.8) is 0 Å². The number of aryl methyl sites for hydroxylation is 1. The summed E-state index contributed by atoms with van der Waals surface area (Å²) >= 11 is 1.71. The second kappa shape index (κ2) is 10.9. The van der Waals surface area contributed by atoms with Gasteiger partial charge in [0, 0.05) is 54.1 Å². The van der Waals surface area contributed by atoms with E-state index in [-0.39, 0.29) is 17.9 Å². The number of anilines is 2. The molecule has 4 rings (SSSR count). The van der Waals surface area contributed by atoms with Gasteiger partial charge in [-0.2, -0.15) is 0 Å². The molecule has 1 aliphatic rings. The van der Waals surface area contributed by atoms with Gasteiger partial charge in [-0.1, -0.05) is 12.1 Å². The number of thiophene rings is 1. The number of amides is 2. The number of nitrogens with one attached hydrogen (secondary N) is 2. The molecule has 0 radical (unpaired) electrons. The van der Waals surface area contributed by atoms with Gasteiger partial charge in [-0.05, 0) is 61.4 Å². The minimum atomic E-state index is -0.117. The Bertz CT molecular complexity index is 1020. The summed E-state index contributed by atoms with van der Waals surface area (Å²) in [5.74, 6) is 0.582. The first kappa shape index (κ1) is 22.0. The first-order valence-corrected chi connectivity index (χ1v) is 11.8. The minimum absolute atomic E-state index is 0.0328. The Morgan fingerprint density at radius 1 is 1.06 bits per heavy atom. The number of benzene rings is 1. The Morgan fingerprint density at radius 3 is 2.62 bits per heavy atom. The van der Waals surface area contributed by atoms with Crippen LogP contribution in [0.4, 0.5) is 11.6 Å². The van der Waals surface area contributed by atoms with Crippen LogP contribution in [-0.2, 0) is 11.2 Å². The molecule has 166 valence electrons. The lowest BCUT2D eigenvalue weighted by molar-refractivity contribution is -0.116. The number of rotatable bonds is 8. The van der Waals surface area contributed by atoms with Gasteiger partial charge in [-0.3, -0.25) is 9.59 Å². The predicted octanol–water partition coefficient (Wildman–Crippen LogP) is 3.90. The quantitative estimate of drug-likeness (QED) is 0.545. The summed E-state index contributed by atoms with van der Waals surface area (Å²) in [6.45, 7) is 1.60.